The predicted molar refractivity (Wildman–Crippen MR) is 79.3 cm³/mol. The quantitative estimate of drug-likeness (QED) is 0.772. The van der Waals surface area contributed by atoms with Crippen LogP contribution in [-0.2, 0) is 10.2 Å². The molecule has 0 bridgehead atoms. The monoisotopic (exact) mass is 291 g/mol. The Balaban J connectivity index is 2.72. The SMILES string of the molecule is CCCN(CCC)S(=O)(=O)N1CCC(C)(NC)CC1. The average Bonchev–Trinajstić information content (AvgIpc) is 2.39. The van der Waals surface area contributed by atoms with Gasteiger partial charge < -0.3 is 5.32 Å². The Bertz CT molecular complexity index is 356. The summed E-state index contributed by atoms with van der Waals surface area (Å²) in [5, 5.41) is 3.30. The minimum atomic E-state index is -3.27. The molecule has 0 saturated carbocycles. The van der Waals surface area contributed by atoms with E-state index in [2.05, 4.69) is 12.2 Å². The van der Waals surface area contributed by atoms with E-state index in [1.807, 2.05) is 20.9 Å². The molecule has 1 fully saturated rings. The average molecular weight is 291 g/mol. The molecule has 114 valence electrons. The summed E-state index contributed by atoms with van der Waals surface area (Å²) in [6.45, 7) is 8.67. The Morgan fingerprint density at radius 1 is 1.16 bits per heavy atom. The van der Waals surface area contributed by atoms with E-state index < -0.39 is 10.2 Å². The zero-order chi connectivity index (χ0) is 14.5. The first-order valence-corrected chi connectivity index (χ1v) is 8.73. The molecule has 0 spiro atoms. The second-order valence-electron chi connectivity index (χ2n) is 5.62. The molecule has 0 radical (unpaired) electrons. The van der Waals surface area contributed by atoms with Crippen molar-refractivity contribution in [1.29, 1.82) is 0 Å². The fourth-order valence-electron chi connectivity index (χ4n) is 2.47. The minimum Gasteiger partial charge on any atom is -0.314 e. The summed E-state index contributed by atoms with van der Waals surface area (Å²) in [6, 6.07) is 0. The second kappa shape index (κ2) is 7.02. The van der Waals surface area contributed by atoms with Gasteiger partial charge in [0.2, 0.25) is 0 Å². The van der Waals surface area contributed by atoms with E-state index in [4.69, 9.17) is 0 Å². The van der Waals surface area contributed by atoms with E-state index in [0.29, 0.717) is 26.2 Å². The normalized spacial score (nSPS) is 20.9. The van der Waals surface area contributed by atoms with Crippen LogP contribution in [0.4, 0.5) is 0 Å². The van der Waals surface area contributed by atoms with Gasteiger partial charge in [0.15, 0.2) is 0 Å². The maximum absolute atomic E-state index is 12.6. The summed E-state index contributed by atoms with van der Waals surface area (Å²) in [6.07, 6.45) is 3.46. The first-order chi connectivity index (χ1) is 8.89. The summed E-state index contributed by atoms with van der Waals surface area (Å²) in [7, 11) is -1.32. The van der Waals surface area contributed by atoms with Crippen LogP contribution in [0.25, 0.3) is 0 Å². The Hall–Kier alpha value is -0.170. The lowest BCUT2D eigenvalue weighted by molar-refractivity contribution is 0.209. The van der Waals surface area contributed by atoms with Crippen LogP contribution < -0.4 is 5.32 Å². The topological polar surface area (TPSA) is 52.7 Å². The Morgan fingerprint density at radius 2 is 1.63 bits per heavy atom. The van der Waals surface area contributed by atoms with Crippen LogP contribution in [0.15, 0.2) is 0 Å². The number of nitrogens with one attached hydrogen (secondary N) is 1. The lowest BCUT2D eigenvalue weighted by Gasteiger charge is -2.40. The summed E-state index contributed by atoms with van der Waals surface area (Å²) in [5.74, 6) is 0. The Morgan fingerprint density at radius 3 is 2.00 bits per heavy atom. The van der Waals surface area contributed by atoms with Crippen molar-refractivity contribution in [2.45, 2.75) is 52.0 Å². The number of rotatable bonds is 7. The van der Waals surface area contributed by atoms with Gasteiger partial charge in [-0.15, -0.1) is 0 Å². The van der Waals surface area contributed by atoms with Crippen molar-refractivity contribution in [2.24, 2.45) is 0 Å². The molecule has 0 amide bonds. The molecule has 1 heterocycles. The van der Waals surface area contributed by atoms with Crippen LogP contribution in [0.5, 0.6) is 0 Å². The Kier molecular flexibility index (Phi) is 6.23. The first-order valence-electron chi connectivity index (χ1n) is 7.33. The van der Waals surface area contributed by atoms with Crippen molar-refractivity contribution in [3.05, 3.63) is 0 Å². The van der Waals surface area contributed by atoms with Crippen molar-refractivity contribution in [1.82, 2.24) is 13.9 Å². The lowest BCUT2D eigenvalue weighted by Crippen LogP contribution is -2.54. The second-order valence-corrected chi connectivity index (χ2v) is 7.54. The minimum absolute atomic E-state index is 0.0758. The molecule has 0 atom stereocenters. The van der Waals surface area contributed by atoms with Gasteiger partial charge in [-0.1, -0.05) is 13.8 Å². The fourth-order valence-corrected chi connectivity index (χ4v) is 4.26. The van der Waals surface area contributed by atoms with Gasteiger partial charge in [0.25, 0.3) is 10.2 Å². The smallest absolute Gasteiger partial charge is 0.281 e. The van der Waals surface area contributed by atoms with Gasteiger partial charge in [0.1, 0.15) is 0 Å². The van der Waals surface area contributed by atoms with E-state index >= 15 is 0 Å². The molecule has 0 aromatic carbocycles. The van der Waals surface area contributed by atoms with Gasteiger partial charge in [-0.25, -0.2) is 0 Å². The first kappa shape index (κ1) is 16.9. The fraction of sp³-hybridized carbons (Fsp3) is 1.00. The summed E-state index contributed by atoms with van der Waals surface area (Å²) in [4.78, 5) is 0. The van der Waals surface area contributed by atoms with Gasteiger partial charge in [-0.3, -0.25) is 0 Å². The number of nitrogens with zero attached hydrogens (tertiary/aromatic N) is 2. The Labute approximate surface area is 118 Å². The molecule has 1 aliphatic rings. The number of hydrogen-bond donors (Lipinski definition) is 1. The molecule has 6 heteroatoms. The lowest BCUT2D eigenvalue weighted by atomic mass is 9.91. The standard InChI is InChI=1S/C13H29N3O2S/c1-5-9-15(10-6-2)19(17,18)16-11-7-13(3,14-4)8-12-16/h14H,5-12H2,1-4H3. The van der Waals surface area contributed by atoms with Crippen LogP contribution in [0, 0.1) is 0 Å². The van der Waals surface area contributed by atoms with Crippen LogP contribution in [-0.4, -0.2) is 55.8 Å². The molecule has 1 saturated heterocycles. The van der Waals surface area contributed by atoms with Gasteiger partial charge in [-0.05, 0) is 39.7 Å². The molecular weight excluding hydrogens is 262 g/mol. The molecule has 0 aromatic heterocycles. The molecule has 1 N–H and O–H groups in total. The van der Waals surface area contributed by atoms with E-state index in [1.54, 1.807) is 8.61 Å². The van der Waals surface area contributed by atoms with E-state index in [0.717, 1.165) is 25.7 Å². The molecule has 19 heavy (non-hydrogen) atoms. The molecule has 0 aromatic rings. The zero-order valence-electron chi connectivity index (χ0n) is 12.8. The van der Waals surface area contributed by atoms with Gasteiger partial charge >= 0.3 is 0 Å². The third-order valence-corrected chi connectivity index (χ3v) is 6.06. The van der Waals surface area contributed by atoms with Gasteiger partial charge in [0.05, 0.1) is 0 Å². The highest BCUT2D eigenvalue weighted by atomic mass is 32.2. The summed E-state index contributed by atoms with van der Waals surface area (Å²) >= 11 is 0. The van der Waals surface area contributed by atoms with Crippen molar-refractivity contribution < 1.29 is 8.42 Å². The van der Waals surface area contributed by atoms with E-state index in [1.165, 1.54) is 0 Å². The van der Waals surface area contributed by atoms with Gasteiger partial charge in [-0.2, -0.15) is 17.0 Å². The highest BCUT2D eigenvalue weighted by molar-refractivity contribution is 7.86. The van der Waals surface area contributed by atoms with Crippen molar-refractivity contribution in [3.63, 3.8) is 0 Å². The van der Waals surface area contributed by atoms with Crippen molar-refractivity contribution in [2.75, 3.05) is 33.2 Å². The third-order valence-electron chi connectivity index (χ3n) is 4.03. The van der Waals surface area contributed by atoms with Crippen LogP contribution in [0.2, 0.25) is 0 Å². The number of hydrogen-bond acceptors (Lipinski definition) is 3. The summed E-state index contributed by atoms with van der Waals surface area (Å²) in [5.41, 5.74) is 0.0758. The largest absolute Gasteiger partial charge is 0.314 e. The number of piperidine rings is 1. The van der Waals surface area contributed by atoms with Crippen LogP contribution >= 0.6 is 0 Å². The predicted octanol–water partition coefficient (Wildman–Crippen LogP) is 1.43. The molecule has 1 aliphatic heterocycles. The summed E-state index contributed by atoms with van der Waals surface area (Å²) < 4.78 is 28.5. The van der Waals surface area contributed by atoms with Crippen LogP contribution in [0.3, 0.4) is 0 Å². The molecule has 0 unspecified atom stereocenters. The van der Waals surface area contributed by atoms with E-state index in [-0.39, 0.29) is 5.54 Å². The zero-order valence-corrected chi connectivity index (χ0v) is 13.6. The molecular formula is C13H29N3O2S. The molecule has 0 aliphatic carbocycles. The van der Waals surface area contributed by atoms with Gasteiger partial charge in [0, 0.05) is 31.7 Å². The van der Waals surface area contributed by atoms with Crippen molar-refractivity contribution in [3.8, 4) is 0 Å². The highest BCUT2D eigenvalue weighted by Crippen LogP contribution is 2.24. The maximum Gasteiger partial charge on any atom is 0.281 e. The van der Waals surface area contributed by atoms with Crippen LogP contribution in [0.1, 0.15) is 46.5 Å². The molecule has 5 nitrogen and oxygen atoms in total. The third kappa shape index (κ3) is 4.15. The van der Waals surface area contributed by atoms with E-state index in [9.17, 15) is 8.42 Å². The highest BCUT2D eigenvalue weighted by Gasteiger charge is 2.36. The van der Waals surface area contributed by atoms with Crippen molar-refractivity contribution >= 4 is 10.2 Å². The maximum atomic E-state index is 12.6. The molecule has 1 rings (SSSR count).